The van der Waals surface area contributed by atoms with Crippen LogP contribution in [0.3, 0.4) is 0 Å². The monoisotopic (exact) mass is 448 g/mol. The first-order valence-corrected chi connectivity index (χ1v) is 11.6. The summed E-state index contributed by atoms with van der Waals surface area (Å²) in [4.78, 5) is 0. The minimum absolute atomic E-state index is 0.266. The van der Waals surface area contributed by atoms with Crippen molar-refractivity contribution in [1.29, 1.82) is 0 Å². The third-order valence-corrected chi connectivity index (χ3v) is 6.22. The van der Waals surface area contributed by atoms with E-state index < -0.39 is 0 Å². The third kappa shape index (κ3) is 4.96. The molecule has 0 atom stereocenters. The number of benzene rings is 2. The van der Waals surface area contributed by atoms with Crippen molar-refractivity contribution in [2.45, 2.75) is 51.1 Å². The fraction of sp³-hybridized carbons (Fsp3) is 0.292. The maximum atomic E-state index is 6.19. The van der Waals surface area contributed by atoms with Crippen molar-refractivity contribution in [1.82, 2.24) is 24.7 Å². The lowest BCUT2D eigenvalue weighted by molar-refractivity contribution is 0.291. The largest absolute Gasteiger partial charge is 0.486 e. The van der Waals surface area contributed by atoms with Gasteiger partial charge >= 0.3 is 0 Å². The van der Waals surface area contributed by atoms with Gasteiger partial charge in [-0.3, -0.25) is 0 Å². The van der Waals surface area contributed by atoms with Crippen LogP contribution in [0.2, 0.25) is 0 Å². The topological polar surface area (TPSA) is 83.8 Å². The number of nitrogens with zero attached hydrogens (tertiary/aromatic N) is 5. The van der Waals surface area contributed by atoms with Gasteiger partial charge in [-0.1, -0.05) is 49.9 Å². The van der Waals surface area contributed by atoms with E-state index in [1.54, 1.807) is 11.8 Å². The van der Waals surface area contributed by atoms with E-state index >= 15 is 0 Å². The molecule has 0 aliphatic carbocycles. The zero-order chi connectivity index (χ0) is 22.7. The minimum Gasteiger partial charge on any atom is -0.486 e. The second-order valence-corrected chi connectivity index (χ2v) is 9.02. The van der Waals surface area contributed by atoms with E-state index in [1.165, 1.54) is 15.8 Å². The first kappa shape index (κ1) is 22.0. The van der Waals surface area contributed by atoms with E-state index in [9.17, 15) is 0 Å². The van der Waals surface area contributed by atoms with Crippen LogP contribution < -0.4 is 10.6 Å². The van der Waals surface area contributed by atoms with Gasteiger partial charge in [-0.2, -0.15) is 5.10 Å². The summed E-state index contributed by atoms with van der Waals surface area (Å²) in [6.45, 7) is 8.66. The molecule has 166 valence electrons. The number of thioether (sulfide) groups is 1. The molecule has 0 bridgehead atoms. The highest BCUT2D eigenvalue weighted by Crippen LogP contribution is 2.23. The van der Waals surface area contributed by atoms with Crippen molar-refractivity contribution in [3.8, 4) is 11.4 Å². The van der Waals surface area contributed by atoms with Crippen LogP contribution in [0.5, 0.6) is 5.75 Å². The lowest BCUT2D eigenvalue weighted by Gasteiger charge is -2.09. The van der Waals surface area contributed by atoms with E-state index in [0.717, 1.165) is 28.6 Å². The molecule has 7 nitrogen and oxygen atoms in total. The van der Waals surface area contributed by atoms with Crippen LogP contribution in [0.1, 0.15) is 48.1 Å². The molecule has 4 rings (SSSR count). The number of hydrogen-bond acceptors (Lipinski definition) is 6. The molecule has 0 fully saturated rings. The number of nitrogens with two attached hydrogens (primary N) is 1. The van der Waals surface area contributed by atoms with Crippen LogP contribution in [-0.2, 0) is 12.4 Å². The number of hydrogen-bond donors (Lipinski definition) is 1. The van der Waals surface area contributed by atoms with Gasteiger partial charge in [0, 0.05) is 11.4 Å². The molecule has 32 heavy (non-hydrogen) atoms. The predicted molar refractivity (Wildman–Crippen MR) is 128 cm³/mol. The standard InChI is InChI=1S/C24H28N6OS/c1-16(2)20-7-11-22(12-8-20)31-14-23-26-27-24(29(23)25)32-15-19-5-9-21(10-6-19)30-18(4)13-17(3)28-30/h5-13,16H,14-15,25H2,1-4H3. The molecule has 0 aliphatic heterocycles. The highest BCUT2D eigenvalue weighted by Gasteiger charge is 2.12. The number of aryl methyl sites for hydroxylation is 2. The molecule has 2 aromatic heterocycles. The molecule has 2 N–H and O–H groups in total. The van der Waals surface area contributed by atoms with Crippen LogP contribution in [0, 0.1) is 13.8 Å². The van der Waals surface area contributed by atoms with Crippen molar-refractivity contribution in [3.05, 3.63) is 82.9 Å². The van der Waals surface area contributed by atoms with Crippen LogP contribution >= 0.6 is 11.8 Å². The Morgan fingerprint density at radius 1 is 1.00 bits per heavy atom. The molecular weight excluding hydrogens is 420 g/mol. The Hall–Kier alpha value is -3.26. The summed E-state index contributed by atoms with van der Waals surface area (Å²) in [7, 11) is 0. The molecule has 0 saturated heterocycles. The highest BCUT2D eigenvalue weighted by atomic mass is 32.2. The van der Waals surface area contributed by atoms with E-state index in [0.29, 0.717) is 16.9 Å². The molecule has 8 heteroatoms. The molecule has 0 spiro atoms. The molecule has 2 aromatic carbocycles. The summed E-state index contributed by atoms with van der Waals surface area (Å²) in [5.41, 5.74) is 5.63. The Morgan fingerprint density at radius 2 is 1.72 bits per heavy atom. The number of rotatable bonds is 8. The Morgan fingerprint density at radius 3 is 2.34 bits per heavy atom. The fourth-order valence-corrected chi connectivity index (χ4v) is 4.20. The maximum absolute atomic E-state index is 6.19. The number of aromatic nitrogens is 5. The summed E-state index contributed by atoms with van der Waals surface area (Å²) >= 11 is 1.54. The Bertz CT molecular complexity index is 1180. The summed E-state index contributed by atoms with van der Waals surface area (Å²) in [6, 6.07) is 18.5. The highest BCUT2D eigenvalue weighted by molar-refractivity contribution is 7.98. The second kappa shape index (κ2) is 9.48. The molecular formula is C24H28N6OS. The first-order valence-electron chi connectivity index (χ1n) is 10.6. The van der Waals surface area contributed by atoms with E-state index in [2.05, 4.69) is 78.5 Å². The molecule has 0 unspecified atom stereocenters. The Balaban J connectivity index is 1.34. The summed E-state index contributed by atoms with van der Waals surface area (Å²) in [6.07, 6.45) is 0. The van der Waals surface area contributed by atoms with Crippen molar-refractivity contribution < 1.29 is 4.74 Å². The predicted octanol–water partition coefficient (Wildman–Crippen LogP) is 4.79. The number of nitrogen functional groups attached to an aromatic ring is 1. The van der Waals surface area contributed by atoms with E-state index in [-0.39, 0.29) is 6.61 Å². The molecule has 4 aromatic rings. The lowest BCUT2D eigenvalue weighted by Crippen LogP contribution is -2.15. The zero-order valence-electron chi connectivity index (χ0n) is 18.8. The van der Waals surface area contributed by atoms with Crippen LogP contribution in [0.25, 0.3) is 5.69 Å². The van der Waals surface area contributed by atoms with Crippen molar-refractivity contribution in [3.63, 3.8) is 0 Å². The normalized spacial score (nSPS) is 11.3. The van der Waals surface area contributed by atoms with Gasteiger partial charge in [0.25, 0.3) is 0 Å². The summed E-state index contributed by atoms with van der Waals surface area (Å²) in [5.74, 6) is 8.80. The first-order chi connectivity index (χ1) is 15.4. The lowest BCUT2D eigenvalue weighted by atomic mass is 10.0. The fourth-order valence-electron chi connectivity index (χ4n) is 3.37. The van der Waals surface area contributed by atoms with Gasteiger partial charge in [0.05, 0.1) is 11.4 Å². The van der Waals surface area contributed by atoms with Crippen LogP contribution in [0.15, 0.2) is 59.8 Å². The van der Waals surface area contributed by atoms with Gasteiger partial charge < -0.3 is 10.6 Å². The summed E-state index contributed by atoms with van der Waals surface area (Å²) in [5, 5.41) is 13.6. The average molecular weight is 449 g/mol. The molecule has 0 amide bonds. The van der Waals surface area contributed by atoms with E-state index in [4.69, 9.17) is 10.6 Å². The second-order valence-electron chi connectivity index (χ2n) is 8.08. The molecule has 0 saturated carbocycles. The minimum atomic E-state index is 0.266. The molecule has 2 heterocycles. The SMILES string of the molecule is Cc1cc(C)n(-c2ccc(CSc3nnc(COc4ccc(C(C)C)cc4)n3N)cc2)n1. The third-order valence-electron chi connectivity index (χ3n) is 5.21. The zero-order valence-corrected chi connectivity index (χ0v) is 19.6. The van der Waals surface area contributed by atoms with Gasteiger partial charge in [0.2, 0.25) is 5.16 Å². The molecule has 0 aliphatic rings. The smallest absolute Gasteiger partial charge is 0.210 e. The average Bonchev–Trinajstić information content (AvgIpc) is 3.32. The van der Waals surface area contributed by atoms with Crippen LogP contribution in [0.4, 0.5) is 0 Å². The van der Waals surface area contributed by atoms with Crippen molar-refractivity contribution in [2.75, 3.05) is 5.84 Å². The number of ether oxygens (including phenoxy) is 1. The van der Waals surface area contributed by atoms with Gasteiger partial charge in [0.1, 0.15) is 12.4 Å². The molecule has 0 radical (unpaired) electrons. The van der Waals surface area contributed by atoms with Gasteiger partial charge in [-0.15, -0.1) is 10.2 Å². The Labute approximate surface area is 192 Å². The van der Waals surface area contributed by atoms with E-state index in [1.807, 2.05) is 23.7 Å². The maximum Gasteiger partial charge on any atom is 0.210 e. The van der Waals surface area contributed by atoms with Gasteiger partial charge in [-0.25, -0.2) is 9.36 Å². The quantitative estimate of drug-likeness (QED) is 0.308. The van der Waals surface area contributed by atoms with Gasteiger partial charge in [-0.05, 0) is 61.2 Å². The van der Waals surface area contributed by atoms with Crippen molar-refractivity contribution in [2.24, 2.45) is 0 Å². The van der Waals surface area contributed by atoms with Crippen LogP contribution in [-0.4, -0.2) is 24.7 Å². The van der Waals surface area contributed by atoms with Gasteiger partial charge in [0.15, 0.2) is 5.82 Å². The summed E-state index contributed by atoms with van der Waals surface area (Å²) < 4.78 is 9.28. The van der Waals surface area contributed by atoms with Crippen molar-refractivity contribution >= 4 is 11.8 Å². The Kier molecular flexibility index (Phi) is 6.50.